The molecule has 0 aliphatic heterocycles. The molecule has 0 heterocycles. The number of hydrogen-bond donors (Lipinski definition) is 1. The first-order chi connectivity index (χ1) is 5.59. The maximum atomic E-state index is 10.9. The van der Waals surface area contributed by atoms with Crippen LogP contribution in [-0.4, -0.2) is 36.2 Å². The van der Waals surface area contributed by atoms with Crippen LogP contribution in [0.4, 0.5) is 0 Å². The molecule has 1 rings (SSSR count). The van der Waals surface area contributed by atoms with Crippen molar-refractivity contribution in [1.29, 1.82) is 0 Å². The van der Waals surface area contributed by atoms with Crippen LogP contribution in [-0.2, 0) is 9.59 Å². The number of amides is 1. The zero-order chi connectivity index (χ0) is 9.14. The second kappa shape index (κ2) is 3.67. The Morgan fingerprint density at radius 1 is 1.75 bits per heavy atom. The molecule has 4 heteroatoms. The van der Waals surface area contributed by atoms with Crippen molar-refractivity contribution in [3.63, 3.8) is 0 Å². The number of rotatable bonds is 3. The smallest absolute Gasteiger partial charge is 0.231 e. The molecule has 1 amide bonds. The predicted molar refractivity (Wildman–Crippen MR) is 44.5 cm³/mol. The summed E-state index contributed by atoms with van der Waals surface area (Å²) in [5, 5.41) is 0. The summed E-state index contributed by atoms with van der Waals surface area (Å²) in [4.78, 5) is 23.3. The van der Waals surface area contributed by atoms with Gasteiger partial charge in [-0.25, -0.2) is 0 Å². The fourth-order valence-corrected chi connectivity index (χ4v) is 1.55. The molecular formula is C8H14N2O2. The van der Waals surface area contributed by atoms with E-state index >= 15 is 0 Å². The first kappa shape index (κ1) is 9.19. The number of carbonyl (C=O) groups excluding carboxylic acids is 2. The molecule has 0 spiro atoms. The SMILES string of the molecule is CN(CC(N)=O)C1CCC(=O)C1. The summed E-state index contributed by atoms with van der Waals surface area (Å²) in [6, 6.07) is 0.227. The van der Waals surface area contributed by atoms with Crippen molar-refractivity contribution >= 4 is 11.7 Å². The van der Waals surface area contributed by atoms with Gasteiger partial charge in [0.15, 0.2) is 0 Å². The van der Waals surface area contributed by atoms with E-state index in [2.05, 4.69) is 0 Å². The van der Waals surface area contributed by atoms with Crippen LogP contribution in [0.25, 0.3) is 0 Å². The van der Waals surface area contributed by atoms with Crippen LogP contribution in [0.5, 0.6) is 0 Å². The van der Waals surface area contributed by atoms with E-state index in [1.165, 1.54) is 0 Å². The molecule has 1 saturated carbocycles. The number of carbonyl (C=O) groups is 2. The Morgan fingerprint density at radius 3 is 2.83 bits per heavy atom. The Hall–Kier alpha value is -0.900. The first-order valence-electron chi connectivity index (χ1n) is 4.10. The van der Waals surface area contributed by atoms with Gasteiger partial charge in [0.25, 0.3) is 0 Å². The van der Waals surface area contributed by atoms with Crippen LogP contribution in [0, 0.1) is 0 Å². The lowest BCUT2D eigenvalue weighted by molar-refractivity contribution is -0.120. The molecule has 4 nitrogen and oxygen atoms in total. The van der Waals surface area contributed by atoms with Crippen molar-refractivity contribution in [3.05, 3.63) is 0 Å². The van der Waals surface area contributed by atoms with E-state index in [1.54, 1.807) is 0 Å². The van der Waals surface area contributed by atoms with Gasteiger partial charge in [0.05, 0.1) is 6.54 Å². The van der Waals surface area contributed by atoms with Crippen molar-refractivity contribution < 1.29 is 9.59 Å². The highest BCUT2D eigenvalue weighted by atomic mass is 16.1. The largest absolute Gasteiger partial charge is 0.369 e. The van der Waals surface area contributed by atoms with Crippen LogP contribution in [0.15, 0.2) is 0 Å². The number of hydrogen-bond acceptors (Lipinski definition) is 3. The average Bonchev–Trinajstić information content (AvgIpc) is 2.34. The molecule has 0 aromatic carbocycles. The molecule has 1 aliphatic rings. The molecule has 1 aliphatic carbocycles. The Morgan fingerprint density at radius 2 is 2.42 bits per heavy atom. The number of nitrogens with two attached hydrogens (primary N) is 1. The van der Waals surface area contributed by atoms with Gasteiger partial charge < -0.3 is 5.73 Å². The number of primary amides is 1. The molecule has 2 N–H and O–H groups in total. The maximum Gasteiger partial charge on any atom is 0.231 e. The lowest BCUT2D eigenvalue weighted by Crippen LogP contribution is -2.37. The lowest BCUT2D eigenvalue weighted by atomic mass is 10.2. The maximum absolute atomic E-state index is 10.9. The van der Waals surface area contributed by atoms with Gasteiger partial charge in [0.1, 0.15) is 5.78 Å². The summed E-state index contributed by atoms with van der Waals surface area (Å²) < 4.78 is 0. The van der Waals surface area contributed by atoms with Gasteiger partial charge >= 0.3 is 0 Å². The van der Waals surface area contributed by atoms with E-state index in [0.717, 1.165) is 6.42 Å². The van der Waals surface area contributed by atoms with Crippen molar-refractivity contribution in [3.8, 4) is 0 Å². The van der Waals surface area contributed by atoms with Gasteiger partial charge in [-0.15, -0.1) is 0 Å². The molecule has 0 saturated heterocycles. The van der Waals surface area contributed by atoms with Crippen LogP contribution >= 0.6 is 0 Å². The van der Waals surface area contributed by atoms with E-state index in [9.17, 15) is 9.59 Å². The fourth-order valence-electron chi connectivity index (χ4n) is 1.55. The zero-order valence-corrected chi connectivity index (χ0v) is 7.25. The normalized spacial score (nSPS) is 23.5. The van der Waals surface area contributed by atoms with Crippen LogP contribution in [0.1, 0.15) is 19.3 Å². The minimum Gasteiger partial charge on any atom is -0.369 e. The highest BCUT2D eigenvalue weighted by molar-refractivity contribution is 5.81. The number of likely N-dealkylation sites (N-methyl/N-ethyl adjacent to an activating group) is 1. The van der Waals surface area contributed by atoms with E-state index < -0.39 is 0 Å². The molecule has 0 aromatic rings. The summed E-state index contributed by atoms with van der Waals surface area (Å²) in [6.07, 6.45) is 2.08. The molecule has 0 radical (unpaired) electrons. The molecule has 1 atom stereocenters. The number of nitrogens with zero attached hydrogens (tertiary/aromatic N) is 1. The Kier molecular flexibility index (Phi) is 2.81. The van der Waals surface area contributed by atoms with Crippen molar-refractivity contribution in [2.75, 3.05) is 13.6 Å². The zero-order valence-electron chi connectivity index (χ0n) is 7.25. The van der Waals surface area contributed by atoms with Gasteiger partial charge in [0.2, 0.25) is 5.91 Å². The molecule has 1 fully saturated rings. The Labute approximate surface area is 71.7 Å². The highest BCUT2D eigenvalue weighted by Crippen LogP contribution is 2.18. The summed E-state index contributed by atoms with van der Waals surface area (Å²) >= 11 is 0. The molecule has 0 aromatic heterocycles. The summed E-state index contributed by atoms with van der Waals surface area (Å²) in [5.41, 5.74) is 5.03. The van der Waals surface area contributed by atoms with Crippen LogP contribution in [0.2, 0.25) is 0 Å². The van der Waals surface area contributed by atoms with Gasteiger partial charge in [-0.05, 0) is 13.5 Å². The first-order valence-corrected chi connectivity index (χ1v) is 4.10. The van der Waals surface area contributed by atoms with Crippen molar-refractivity contribution in [2.24, 2.45) is 5.73 Å². The minimum atomic E-state index is -0.336. The number of ketones is 1. The minimum absolute atomic E-state index is 0.227. The number of Topliss-reactive ketones (excluding diaryl/α,β-unsaturated/α-hetero) is 1. The Bertz CT molecular complexity index is 203. The topological polar surface area (TPSA) is 63.4 Å². The van der Waals surface area contributed by atoms with Gasteiger partial charge in [-0.2, -0.15) is 0 Å². The van der Waals surface area contributed by atoms with Crippen LogP contribution < -0.4 is 5.73 Å². The second-order valence-corrected chi connectivity index (χ2v) is 3.32. The second-order valence-electron chi connectivity index (χ2n) is 3.32. The molecular weight excluding hydrogens is 156 g/mol. The van der Waals surface area contributed by atoms with Crippen molar-refractivity contribution in [2.45, 2.75) is 25.3 Å². The van der Waals surface area contributed by atoms with Gasteiger partial charge in [-0.1, -0.05) is 0 Å². The highest BCUT2D eigenvalue weighted by Gasteiger charge is 2.25. The van der Waals surface area contributed by atoms with E-state index in [-0.39, 0.29) is 24.3 Å². The molecule has 68 valence electrons. The van der Waals surface area contributed by atoms with E-state index in [4.69, 9.17) is 5.73 Å². The average molecular weight is 170 g/mol. The molecule has 0 bridgehead atoms. The van der Waals surface area contributed by atoms with Gasteiger partial charge in [0, 0.05) is 18.9 Å². The van der Waals surface area contributed by atoms with Gasteiger partial charge in [-0.3, -0.25) is 14.5 Å². The van der Waals surface area contributed by atoms with E-state index in [1.807, 2.05) is 11.9 Å². The third-order valence-electron chi connectivity index (χ3n) is 2.25. The summed E-state index contributed by atoms with van der Waals surface area (Å²) in [5.74, 6) is -0.0480. The molecule has 12 heavy (non-hydrogen) atoms. The summed E-state index contributed by atoms with van der Waals surface area (Å²) in [6.45, 7) is 0.248. The van der Waals surface area contributed by atoms with Crippen LogP contribution in [0.3, 0.4) is 0 Å². The lowest BCUT2D eigenvalue weighted by Gasteiger charge is -2.21. The monoisotopic (exact) mass is 170 g/mol. The molecule has 1 unspecified atom stereocenters. The quantitative estimate of drug-likeness (QED) is 0.622. The fraction of sp³-hybridized carbons (Fsp3) is 0.750. The van der Waals surface area contributed by atoms with E-state index in [0.29, 0.717) is 12.8 Å². The predicted octanol–water partition coefficient (Wildman–Crippen LogP) is -0.475. The van der Waals surface area contributed by atoms with Crippen molar-refractivity contribution in [1.82, 2.24) is 4.90 Å². The standard InChI is InChI=1S/C8H14N2O2/c1-10(5-8(9)12)6-2-3-7(11)4-6/h6H,2-5H2,1H3,(H2,9,12). The third-order valence-corrected chi connectivity index (χ3v) is 2.25. The third kappa shape index (κ3) is 2.30. The summed E-state index contributed by atoms with van der Waals surface area (Å²) in [7, 11) is 1.83. The Balaban J connectivity index is 2.37.